The van der Waals surface area contributed by atoms with Crippen LogP contribution >= 0.6 is 0 Å². The molecule has 0 aliphatic rings. The number of imidazole rings is 1. The smallest absolute Gasteiger partial charge is 0.221 e. The van der Waals surface area contributed by atoms with Gasteiger partial charge >= 0.3 is 0 Å². The molecule has 0 radical (unpaired) electrons. The minimum absolute atomic E-state index is 0.174. The minimum atomic E-state index is -0.286. The van der Waals surface area contributed by atoms with E-state index in [2.05, 4.69) is 27.5 Å². The van der Waals surface area contributed by atoms with Crippen LogP contribution in [0.25, 0.3) is 33.8 Å². The maximum Gasteiger partial charge on any atom is 0.221 e. The third-order valence-electron chi connectivity index (χ3n) is 5.25. The van der Waals surface area contributed by atoms with E-state index in [1.54, 1.807) is 12.1 Å². The van der Waals surface area contributed by atoms with E-state index < -0.39 is 0 Å². The van der Waals surface area contributed by atoms with Crippen LogP contribution in [0.15, 0.2) is 54.6 Å². The van der Waals surface area contributed by atoms with Crippen LogP contribution in [0.4, 0.5) is 10.3 Å². The summed E-state index contributed by atoms with van der Waals surface area (Å²) in [5, 5.41) is 0. The number of rotatable bonds is 8. The van der Waals surface area contributed by atoms with Gasteiger partial charge in [-0.25, -0.2) is 19.3 Å². The molecule has 154 valence electrons. The van der Waals surface area contributed by atoms with E-state index in [4.69, 9.17) is 10.7 Å². The molecule has 2 heterocycles. The molecule has 0 aliphatic carbocycles. The lowest BCUT2D eigenvalue weighted by Crippen LogP contribution is -2.05. The highest BCUT2D eigenvalue weighted by Crippen LogP contribution is 2.28. The van der Waals surface area contributed by atoms with Crippen molar-refractivity contribution in [3.63, 3.8) is 0 Å². The van der Waals surface area contributed by atoms with Crippen LogP contribution in [0.1, 0.15) is 39.0 Å². The number of hydrogen-bond donors (Lipinski definition) is 1. The van der Waals surface area contributed by atoms with Gasteiger partial charge in [-0.1, -0.05) is 44.7 Å². The molecule has 0 aliphatic heterocycles. The predicted molar refractivity (Wildman–Crippen MR) is 119 cm³/mol. The number of unbranched alkanes of at least 4 members (excludes halogenated alkanes) is 4. The average Bonchev–Trinajstić information content (AvgIpc) is 3.12. The maximum atomic E-state index is 13.3. The van der Waals surface area contributed by atoms with Gasteiger partial charge in [-0.3, -0.25) is 0 Å². The van der Waals surface area contributed by atoms with E-state index >= 15 is 0 Å². The molecule has 2 aromatic carbocycles. The molecule has 5 nitrogen and oxygen atoms in total. The normalized spacial score (nSPS) is 11.3. The van der Waals surface area contributed by atoms with Gasteiger partial charge in [-0.05, 0) is 48.9 Å². The van der Waals surface area contributed by atoms with Crippen LogP contribution < -0.4 is 5.73 Å². The zero-order valence-electron chi connectivity index (χ0n) is 17.2. The minimum Gasteiger partial charge on any atom is -0.368 e. The third-order valence-corrected chi connectivity index (χ3v) is 5.25. The van der Waals surface area contributed by atoms with Gasteiger partial charge in [-0.15, -0.1) is 0 Å². The van der Waals surface area contributed by atoms with Gasteiger partial charge in [-0.2, -0.15) is 0 Å². The average molecular weight is 404 g/mol. The number of benzene rings is 2. The summed E-state index contributed by atoms with van der Waals surface area (Å²) in [4.78, 5) is 13.7. The molecule has 0 saturated heterocycles. The van der Waals surface area contributed by atoms with Crippen molar-refractivity contribution in [2.75, 3.05) is 5.73 Å². The predicted octanol–water partition coefficient (Wildman–Crippen LogP) is 5.85. The Bertz CT molecular complexity index is 1130. The molecular weight excluding hydrogens is 377 g/mol. The Hall–Kier alpha value is -3.28. The number of halogens is 1. The van der Waals surface area contributed by atoms with Gasteiger partial charge in [0.15, 0.2) is 5.82 Å². The van der Waals surface area contributed by atoms with E-state index in [1.165, 1.54) is 37.8 Å². The molecule has 2 N–H and O–H groups in total. The van der Waals surface area contributed by atoms with Crippen molar-refractivity contribution in [3.8, 4) is 22.8 Å². The summed E-state index contributed by atoms with van der Waals surface area (Å²) < 4.78 is 15.5. The Balaban J connectivity index is 1.73. The molecule has 0 saturated carbocycles. The van der Waals surface area contributed by atoms with Crippen molar-refractivity contribution < 1.29 is 4.39 Å². The SMILES string of the molecule is CCCCCCCn1c(-c2cc(-c3ccc(F)cc3)nc(N)n2)nc2ccccc21. The molecular formula is C24H26FN5. The standard InChI is InChI=1S/C24H26FN5/c1-2-3-4-5-8-15-30-22-10-7-6-9-19(22)27-23(30)21-16-20(28-24(26)29-21)17-11-13-18(25)14-12-17/h6-7,9-14,16H,2-5,8,15H2,1H3,(H2,26,28,29). The topological polar surface area (TPSA) is 69.6 Å². The van der Waals surface area contributed by atoms with Crippen LogP contribution in [0, 0.1) is 5.82 Å². The fraction of sp³-hybridized carbons (Fsp3) is 0.292. The Morgan fingerprint density at radius 2 is 1.60 bits per heavy atom. The number of para-hydroxylation sites is 2. The highest BCUT2D eigenvalue weighted by atomic mass is 19.1. The first-order valence-electron chi connectivity index (χ1n) is 10.5. The summed E-state index contributed by atoms with van der Waals surface area (Å²) in [6.45, 7) is 3.09. The highest BCUT2D eigenvalue weighted by molar-refractivity contribution is 5.80. The molecule has 4 rings (SSSR count). The maximum absolute atomic E-state index is 13.3. The molecule has 30 heavy (non-hydrogen) atoms. The molecule has 0 atom stereocenters. The van der Waals surface area contributed by atoms with Gasteiger partial charge in [0.05, 0.1) is 16.7 Å². The zero-order valence-corrected chi connectivity index (χ0v) is 17.2. The third kappa shape index (κ3) is 4.32. The number of hydrogen-bond acceptors (Lipinski definition) is 4. The lowest BCUT2D eigenvalue weighted by atomic mass is 10.1. The number of anilines is 1. The zero-order chi connectivity index (χ0) is 20.9. The number of nitrogens with zero attached hydrogens (tertiary/aromatic N) is 4. The molecule has 0 fully saturated rings. The second kappa shape index (κ2) is 9.03. The first-order valence-corrected chi connectivity index (χ1v) is 10.5. The van der Waals surface area contributed by atoms with Gasteiger partial charge in [0.1, 0.15) is 11.5 Å². The second-order valence-electron chi connectivity index (χ2n) is 7.49. The van der Waals surface area contributed by atoms with E-state index in [1.807, 2.05) is 24.3 Å². The summed E-state index contributed by atoms with van der Waals surface area (Å²) in [6.07, 6.45) is 6.01. The Morgan fingerprint density at radius 3 is 2.40 bits per heavy atom. The fourth-order valence-corrected chi connectivity index (χ4v) is 3.72. The first-order chi connectivity index (χ1) is 14.7. The van der Waals surface area contributed by atoms with Crippen molar-refractivity contribution in [1.29, 1.82) is 0 Å². The molecule has 0 amide bonds. The summed E-state index contributed by atoms with van der Waals surface area (Å²) in [5.74, 6) is 0.670. The van der Waals surface area contributed by atoms with Crippen LogP contribution in [-0.2, 0) is 6.54 Å². The summed E-state index contributed by atoms with van der Waals surface area (Å²) in [6, 6.07) is 16.2. The van der Waals surface area contributed by atoms with E-state index in [0.717, 1.165) is 35.4 Å². The molecule has 2 aromatic heterocycles. The monoisotopic (exact) mass is 403 g/mol. The van der Waals surface area contributed by atoms with Gasteiger partial charge < -0.3 is 10.3 Å². The molecule has 0 unspecified atom stereocenters. The van der Waals surface area contributed by atoms with Crippen molar-refractivity contribution >= 4 is 17.0 Å². The number of nitrogens with two attached hydrogens (primary N) is 1. The second-order valence-corrected chi connectivity index (χ2v) is 7.49. The molecule has 0 bridgehead atoms. The number of aromatic nitrogens is 4. The number of nitrogen functional groups attached to an aromatic ring is 1. The van der Waals surface area contributed by atoms with Crippen LogP contribution in [0.2, 0.25) is 0 Å². The molecule has 6 heteroatoms. The van der Waals surface area contributed by atoms with E-state index in [-0.39, 0.29) is 11.8 Å². The first kappa shape index (κ1) is 20.0. The lowest BCUT2D eigenvalue weighted by molar-refractivity contribution is 0.578. The summed E-state index contributed by atoms with van der Waals surface area (Å²) in [7, 11) is 0. The van der Waals surface area contributed by atoms with Crippen molar-refractivity contribution in [1.82, 2.24) is 19.5 Å². The van der Waals surface area contributed by atoms with Crippen LogP contribution in [0.3, 0.4) is 0 Å². The van der Waals surface area contributed by atoms with Crippen LogP contribution in [-0.4, -0.2) is 19.5 Å². The Kier molecular flexibility index (Phi) is 6.02. The van der Waals surface area contributed by atoms with Crippen molar-refractivity contribution in [3.05, 3.63) is 60.4 Å². The Labute approximate surface area is 175 Å². The van der Waals surface area contributed by atoms with Gasteiger partial charge in [0.2, 0.25) is 5.95 Å². The summed E-state index contributed by atoms with van der Waals surface area (Å²) in [5.41, 5.74) is 10.2. The van der Waals surface area contributed by atoms with Crippen molar-refractivity contribution in [2.24, 2.45) is 0 Å². The van der Waals surface area contributed by atoms with Gasteiger partial charge in [0, 0.05) is 12.1 Å². The summed E-state index contributed by atoms with van der Waals surface area (Å²) >= 11 is 0. The molecule has 0 spiro atoms. The number of fused-ring (bicyclic) bond motifs is 1. The largest absolute Gasteiger partial charge is 0.368 e. The van der Waals surface area contributed by atoms with Crippen LogP contribution in [0.5, 0.6) is 0 Å². The van der Waals surface area contributed by atoms with Crippen molar-refractivity contribution in [2.45, 2.75) is 45.6 Å². The Morgan fingerprint density at radius 1 is 0.867 bits per heavy atom. The lowest BCUT2D eigenvalue weighted by Gasteiger charge is -2.10. The number of aryl methyl sites for hydroxylation is 1. The van der Waals surface area contributed by atoms with E-state index in [9.17, 15) is 4.39 Å². The van der Waals surface area contributed by atoms with E-state index in [0.29, 0.717) is 11.4 Å². The molecule has 4 aromatic rings. The fourth-order valence-electron chi connectivity index (χ4n) is 3.72. The quantitative estimate of drug-likeness (QED) is 0.375. The van der Waals surface area contributed by atoms with Gasteiger partial charge in [0.25, 0.3) is 0 Å². The highest BCUT2D eigenvalue weighted by Gasteiger charge is 2.16.